The second-order valence-corrected chi connectivity index (χ2v) is 5.44. The topological polar surface area (TPSA) is 77.2 Å². The Balaban J connectivity index is 2.80. The summed E-state index contributed by atoms with van der Waals surface area (Å²) in [5.41, 5.74) is 6.07. The monoisotopic (exact) mass is 271 g/mol. The molecule has 1 aromatic rings. The van der Waals surface area contributed by atoms with Gasteiger partial charge in [0.1, 0.15) is 10.6 Å². The Hall–Kier alpha value is -1.30. The fraction of sp³-hybridized carbons (Fsp3) is 0.667. The smallest absolute Gasteiger partial charge is 0.344 e. The highest BCUT2D eigenvalue weighted by molar-refractivity contribution is 7.11. The van der Waals surface area contributed by atoms with Crippen LogP contribution >= 0.6 is 11.5 Å². The van der Waals surface area contributed by atoms with Crippen LogP contribution < -0.4 is 11.1 Å². The fourth-order valence-electron chi connectivity index (χ4n) is 1.79. The van der Waals surface area contributed by atoms with Gasteiger partial charge in [0.25, 0.3) is 0 Å². The third-order valence-electron chi connectivity index (χ3n) is 2.40. The summed E-state index contributed by atoms with van der Waals surface area (Å²) < 4.78 is 8.99. The lowest BCUT2D eigenvalue weighted by Crippen LogP contribution is -2.19. The predicted molar refractivity (Wildman–Crippen MR) is 75.0 cm³/mol. The number of rotatable bonds is 6. The zero-order chi connectivity index (χ0) is 13.7. The summed E-state index contributed by atoms with van der Waals surface area (Å²) in [4.78, 5) is 11.8. The lowest BCUT2D eigenvalue weighted by molar-refractivity contribution is 0.0529. The van der Waals surface area contributed by atoms with Crippen molar-refractivity contribution in [1.29, 1.82) is 0 Å². The molecule has 3 N–H and O–H groups in total. The van der Waals surface area contributed by atoms with Gasteiger partial charge in [0, 0.05) is 6.04 Å². The van der Waals surface area contributed by atoms with Crippen LogP contribution in [0.15, 0.2) is 0 Å². The quantitative estimate of drug-likeness (QED) is 0.778. The molecule has 0 spiro atoms. The molecular weight excluding hydrogens is 250 g/mol. The summed E-state index contributed by atoms with van der Waals surface area (Å²) >= 11 is 1.20. The van der Waals surface area contributed by atoms with E-state index in [0.29, 0.717) is 23.1 Å². The lowest BCUT2D eigenvalue weighted by atomic mass is 10.1. The Morgan fingerprint density at radius 1 is 1.50 bits per heavy atom. The molecule has 1 rings (SSSR count). The first-order valence-corrected chi connectivity index (χ1v) is 6.91. The van der Waals surface area contributed by atoms with Crippen LogP contribution in [0.2, 0.25) is 0 Å². The van der Waals surface area contributed by atoms with E-state index < -0.39 is 5.97 Å². The van der Waals surface area contributed by atoms with Crippen LogP contribution in [0.1, 0.15) is 44.5 Å². The molecule has 1 unspecified atom stereocenters. The Bertz CT molecular complexity index is 404. The number of anilines is 2. The molecule has 1 heterocycles. The van der Waals surface area contributed by atoms with Crippen LogP contribution in [0.3, 0.4) is 0 Å². The van der Waals surface area contributed by atoms with Gasteiger partial charge in [-0.1, -0.05) is 13.8 Å². The summed E-state index contributed by atoms with van der Waals surface area (Å²) in [5, 5.41) is 3.97. The number of hydrogen-bond donors (Lipinski definition) is 2. The maximum Gasteiger partial charge on any atom is 0.344 e. The Labute approximate surface area is 112 Å². The largest absolute Gasteiger partial charge is 0.462 e. The van der Waals surface area contributed by atoms with E-state index in [1.54, 1.807) is 6.92 Å². The summed E-state index contributed by atoms with van der Waals surface area (Å²) in [6.07, 6.45) is 1.01. The second-order valence-electron chi connectivity index (χ2n) is 4.67. The van der Waals surface area contributed by atoms with E-state index in [1.165, 1.54) is 11.5 Å². The van der Waals surface area contributed by atoms with Crippen LogP contribution in [0.5, 0.6) is 0 Å². The summed E-state index contributed by atoms with van der Waals surface area (Å²) in [6, 6.07) is 0.262. The Morgan fingerprint density at radius 3 is 2.72 bits per heavy atom. The molecule has 18 heavy (non-hydrogen) atoms. The molecule has 0 saturated heterocycles. The molecule has 102 valence electrons. The van der Waals surface area contributed by atoms with Gasteiger partial charge < -0.3 is 15.8 Å². The van der Waals surface area contributed by atoms with Gasteiger partial charge in [-0.15, -0.1) is 0 Å². The highest BCUT2D eigenvalue weighted by atomic mass is 32.1. The molecule has 0 aliphatic carbocycles. The van der Waals surface area contributed by atoms with Gasteiger partial charge in [-0.25, -0.2) is 4.79 Å². The van der Waals surface area contributed by atoms with E-state index in [0.717, 1.165) is 6.42 Å². The van der Waals surface area contributed by atoms with Gasteiger partial charge in [-0.3, -0.25) is 0 Å². The molecule has 0 radical (unpaired) electrons. The van der Waals surface area contributed by atoms with Crippen LogP contribution in [0.4, 0.5) is 10.8 Å². The number of hydrogen-bond acceptors (Lipinski definition) is 6. The summed E-state index contributed by atoms with van der Waals surface area (Å²) in [5.74, 6) is 0.407. The average Bonchev–Trinajstić information content (AvgIpc) is 2.58. The molecule has 6 heteroatoms. The standard InChI is InChI=1S/C12H21N3O2S/c1-5-17-12(16)9-10(13)15-18-11(9)14-8(4)6-7(2)3/h7-8,14H,5-6H2,1-4H3,(H2,13,15). The highest BCUT2D eigenvalue weighted by Crippen LogP contribution is 2.28. The van der Waals surface area contributed by atoms with E-state index >= 15 is 0 Å². The Kier molecular flexibility index (Phi) is 5.40. The predicted octanol–water partition coefficient (Wildman–Crippen LogP) is 2.75. The number of nitrogens with zero attached hydrogens (tertiary/aromatic N) is 1. The van der Waals surface area contributed by atoms with Gasteiger partial charge >= 0.3 is 5.97 Å². The van der Waals surface area contributed by atoms with E-state index in [4.69, 9.17) is 10.5 Å². The molecule has 0 aliphatic rings. The second kappa shape index (κ2) is 6.58. The van der Waals surface area contributed by atoms with E-state index in [1.807, 2.05) is 0 Å². The molecule has 1 atom stereocenters. The first kappa shape index (κ1) is 14.8. The van der Waals surface area contributed by atoms with Crippen molar-refractivity contribution in [3.63, 3.8) is 0 Å². The van der Waals surface area contributed by atoms with Gasteiger partial charge in [-0.05, 0) is 37.7 Å². The summed E-state index contributed by atoms with van der Waals surface area (Å²) in [7, 11) is 0. The first-order chi connectivity index (χ1) is 8.45. The van der Waals surface area contributed by atoms with Crippen molar-refractivity contribution < 1.29 is 9.53 Å². The van der Waals surface area contributed by atoms with E-state index in [-0.39, 0.29) is 11.9 Å². The lowest BCUT2D eigenvalue weighted by Gasteiger charge is -2.16. The maximum atomic E-state index is 11.8. The highest BCUT2D eigenvalue weighted by Gasteiger charge is 2.21. The van der Waals surface area contributed by atoms with Crippen molar-refractivity contribution in [2.75, 3.05) is 17.7 Å². The fourth-order valence-corrected chi connectivity index (χ4v) is 2.61. The van der Waals surface area contributed by atoms with Crippen molar-refractivity contribution in [2.24, 2.45) is 5.92 Å². The van der Waals surface area contributed by atoms with Gasteiger partial charge in [0.05, 0.1) is 6.61 Å². The number of nitrogen functional groups attached to an aromatic ring is 1. The number of nitrogens with one attached hydrogen (secondary N) is 1. The number of ether oxygens (including phenoxy) is 1. The van der Waals surface area contributed by atoms with Gasteiger partial charge in [-0.2, -0.15) is 4.37 Å². The Morgan fingerprint density at radius 2 is 2.17 bits per heavy atom. The minimum Gasteiger partial charge on any atom is -0.462 e. The van der Waals surface area contributed by atoms with Crippen molar-refractivity contribution in [1.82, 2.24) is 4.37 Å². The van der Waals surface area contributed by atoms with E-state index in [2.05, 4.69) is 30.5 Å². The molecule has 0 aliphatic heterocycles. The van der Waals surface area contributed by atoms with Crippen LogP contribution in [0, 0.1) is 5.92 Å². The molecular formula is C12H21N3O2S. The summed E-state index contributed by atoms with van der Waals surface area (Å²) in [6.45, 7) is 8.49. The number of carbonyl (C=O) groups excluding carboxylic acids is 1. The molecule has 0 saturated carbocycles. The molecule has 0 amide bonds. The first-order valence-electron chi connectivity index (χ1n) is 6.14. The third kappa shape index (κ3) is 3.87. The van der Waals surface area contributed by atoms with Crippen molar-refractivity contribution in [3.05, 3.63) is 5.56 Å². The van der Waals surface area contributed by atoms with E-state index in [9.17, 15) is 4.79 Å². The SMILES string of the molecule is CCOC(=O)c1c(N)nsc1NC(C)CC(C)C. The van der Waals surface area contributed by atoms with Crippen molar-refractivity contribution in [3.8, 4) is 0 Å². The number of carbonyl (C=O) groups is 1. The molecule has 0 fully saturated rings. The minimum atomic E-state index is -0.414. The van der Waals surface area contributed by atoms with Gasteiger partial charge in [0.2, 0.25) is 0 Å². The van der Waals surface area contributed by atoms with Gasteiger partial charge in [0.15, 0.2) is 5.82 Å². The molecule has 5 nitrogen and oxygen atoms in total. The number of aromatic nitrogens is 1. The third-order valence-corrected chi connectivity index (χ3v) is 3.19. The minimum absolute atomic E-state index is 0.234. The zero-order valence-electron chi connectivity index (χ0n) is 11.3. The van der Waals surface area contributed by atoms with Crippen molar-refractivity contribution >= 4 is 28.3 Å². The molecule has 0 bridgehead atoms. The number of nitrogens with two attached hydrogens (primary N) is 1. The normalized spacial score (nSPS) is 12.5. The van der Waals surface area contributed by atoms with Crippen LogP contribution in [0.25, 0.3) is 0 Å². The molecule has 1 aromatic heterocycles. The zero-order valence-corrected chi connectivity index (χ0v) is 12.1. The maximum absolute atomic E-state index is 11.8. The molecule has 0 aromatic carbocycles. The number of esters is 1. The average molecular weight is 271 g/mol. The van der Waals surface area contributed by atoms with Crippen molar-refractivity contribution in [2.45, 2.75) is 40.2 Å². The van der Waals surface area contributed by atoms with Crippen LogP contribution in [-0.4, -0.2) is 23.0 Å². The van der Waals surface area contributed by atoms with Crippen LogP contribution in [-0.2, 0) is 4.74 Å².